The van der Waals surface area contributed by atoms with Crippen LogP contribution in [0.3, 0.4) is 0 Å². The number of nitrogens with zero attached hydrogens (tertiary/aromatic N) is 3. The van der Waals surface area contributed by atoms with E-state index in [4.69, 9.17) is 4.74 Å². The predicted octanol–water partition coefficient (Wildman–Crippen LogP) is 4.87. The Labute approximate surface area is 191 Å². The van der Waals surface area contributed by atoms with Crippen molar-refractivity contribution in [2.75, 3.05) is 20.2 Å². The van der Waals surface area contributed by atoms with Crippen LogP contribution in [-0.2, 0) is 6.42 Å². The van der Waals surface area contributed by atoms with Crippen molar-refractivity contribution in [3.63, 3.8) is 0 Å². The Bertz CT molecular complexity index is 1300. The Morgan fingerprint density at radius 2 is 2.12 bits per heavy atom. The lowest BCUT2D eigenvalue weighted by Gasteiger charge is -2.23. The molecule has 0 bridgehead atoms. The number of methoxy groups -OCH3 is 1. The average Bonchev–Trinajstić information content (AvgIpc) is 3.59. The van der Waals surface area contributed by atoms with Crippen molar-refractivity contribution < 1.29 is 13.9 Å². The molecule has 5 rings (SSSR count). The molecule has 1 amide bonds. The van der Waals surface area contributed by atoms with Crippen LogP contribution in [0.5, 0.6) is 5.75 Å². The van der Waals surface area contributed by atoms with Gasteiger partial charge in [-0.3, -0.25) is 14.8 Å². The number of fused-ring (bicyclic) bond motifs is 1. The SMILES string of the molecule is COc1cncc(-c2cccnc2C(=O)N(CCc2c[nH]c3ccc(F)cc23)CC2CC2)c1. The van der Waals surface area contributed by atoms with E-state index in [0.717, 1.165) is 40.4 Å². The molecule has 0 spiro atoms. The van der Waals surface area contributed by atoms with E-state index in [9.17, 15) is 9.18 Å². The van der Waals surface area contributed by atoms with Crippen molar-refractivity contribution in [2.24, 2.45) is 5.92 Å². The molecule has 168 valence electrons. The number of nitrogens with one attached hydrogen (secondary N) is 1. The molecule has 1 aliphatic rings. The topological polar surface area (TPSA) is 71.1 Å². The van der Waals surface area contributed by atoms with Gasteiger partial charge in [0.1, 0.15) is 17.3 Å². The number of H-pyrrole nitrogens is 1. The number of halogens is 1. The maximum Gasteiger partial charge on any atom is 0.273 e. The minimum Gasteiger partial charge on any atom is -0.495 e. The number of benzene rings is 1. The molecule has 0 aliphatic heterocycles. The normalized spacial score (nSPS) is 13.3. The lowest BCUT2D eigenvalue weighted by molar-refractivity contribution is 0.0744. The number of carbonyl (C=O) groups is 1. The lowest BCUT2D eigenvalue weighted by atomic mass is 10.0. The summed E-state index contributed by atoms with van der Waals surface area (Å²) in [7, 11) is 1.59. The molecule has 6 nitrogen and oxygen atoms in total. The van der Waals surface area contributed by atoms with Crippen molar-refractivity contribution in [3.8, 4) is 16.9 Å². The Morgan fingerprint density at radius 3 is 2.94 bits per heavy atom. The molecule has 1 N–H and O–H groups in total. The molecule has 7 heteroatoms. The molecule has 3 heterocycles. The zero-order chi connectivity index (χ0) is 22.8. The molecule has 4 aromatic rings. The second kappa shape index (κ2) is 9.02. The summed E-state index contributed by atoms with van der Waals surface area (Å²) >= 11 is 0. The first-order valence-corrected chi connectivity index (χ1v) is 11.1. The summed E-state index contributed by atoms with van der Waals surface area (Å²) in [5.74, 6) is 0.779. The fourth-order valence-corrected chi connectivity index (χ4v) is 4.14. The van der Waals surface area contributed by atoms with Gasteiger partial charge in [-0.25, -0.2) is 4.39 Å². The zero-order valence-electron chi connectivity index (χ0n) is 18.4. The molecular formula is C26H25FN4O2. The van der Waals surface area contributed by atoms with Crippen molar-refractivity contribution >= 4 is 16.8 Å². The van der Waals surface area contributed by atoms with E-state index >= 15 is 0 Å². The van der Waals surface area contributed by atoms with E-state index in [1.54, 1.807) is 37.8 Å². The summed E-state index contributed by atoms with van der Waals surface area (Å²) in [6.45, 7) is 1.23. The van der Waals surface area contributed by atoms with E-state index in [-0.39, 0.29) is 11.7 Å². The fourth-order valence-electron chi connectivity index (χ4n) is 4.14. The van der Waals surface area contributed by atoms with Gasteiger partial charge in [0.2, 0.25) is 0 Å². The standard InChI is InChI=1S/C26H25FN4O2/c1-33-21-11-19(13-28-15-21)22-3-2-9-29-25(22)26(32)31(16-17-4-5-17)10-8-18-14-30-24-7-6-20(27)12-23(18)24/h2-3,6-7,9,11-15,17,30H,4-5,8,10,16H2,1H3. The average molecular weight is 445 g/mol. The molecular weight excluding hydrogens is 419 g/mol. The Morgan fingerprint density at radius 1 is 1.24 bits per heavy atom. The van der Waals surface area contributed by atoms with Gasteiger partial charge in [0.05, 0.1) is 13.3 Å². The van der Waals surface area contributed by atoms with Gasteiger partial charge < -0.3 is 14.6 Å². The summed E-state index contributed by atoms with van der Waals surface area (Å²) in [6, 6.07) is 10.3. The summed E-state index contributed by atoms with van der Waals surface area (Å²) in [5, 5.41) is 0.856. The van der Waals surface area contributed by atoms with Crippen molar-refractivity contribution in [1.29, 1.82) is 0 Å². The molecule has 0 unspecified atom stereocenters. The first-order valence-electron chi connectivity index (χ1n) is 11.1. The number of pyridine rings is 2. The van der Waals surface area contributed by atoms with Gasteiger partial charge in [0, 0.05) is 53.7 Å². The number of aromatic nitrogens is 3. The second-order valence-corrected chi connectivity index (χ2v) is 8.46. The maximum absolute atomic E-state index is 13.8. The lowest BCUT2D eigenvalue weighted by Crippen LogP contribution is -2.35. The molecule has 33 heavy (non-hydrogen) atoms. The summed E-state index contributed by atoms with van der Waals surface area (Å²) < 4.78 is 19.1. The van der Waals surface area contributed by atoms with Gasteiger partial charge in [0.15, 0.2) is 0 Å². The largest absolute Gasteiger partial charge is 0.495 e. The van der Waals surface area contributed by atoms with E-state index in [2.05, 4.69) is 15.0 Å². The van der Waals surface area contributed by atoms with Gasteiger partial charge >= 0.3 is 0 Å². The highest BCUT2D eigenvalue weighted by atomic mass is 19.1. The van der Waals surface area contributed by atoms with Crippen molar-refractivity contribution in [1.82, 2.24) is 19.9 Å². The maximum atomic E-state index is 13.8. The number of amides is 1. The number of carbonyl (C=O) groups excluding carboxylic acids is 1. The van der Waals surface area contributed by atoms with Crippen molar-refractivity contribution in [2.45, 2.75) is 19.3 Å². The number of aromatic amines is 1. The highest BCUT2D eigenvalue weighted by Gasteiger charge is 2.29. The van der Waals surface area contributed by atoms with Crippen LogP contribution < -0.4 is 4.74 Å². The Kier molecular flexibility index (Phi) is 5.77. The predicted molar refractivity (Wildman–Crippen MR) is 125 cm³/mol. The number of hydrogen-bond donors (Lipinski definition) is 1. The fraction of sp³-hybridized carbons (Fsp3) is 0.269. The van der Waals surface area contributed by atoms with Crippen LogP contribution in [-0.4, -0.2) is 46.0 Å². The smallest absolute Gasteiger partial charge is 0.273 e. The van der Waals surface area contributed by atoms with Crippen LogP contribution in [0.1, 0.15) is 28.9 Å². The molecule has 1 fully saturated rings. The molecule has 0 atom stereocenters. The third kappa shape index (κ3) is 4.58. The van der Waals surface area contributed by atoms with Crippen LogP contribution >= 0.6 is 0 Å². The molecule has 0 radical (unpaired) electrons. The van der Waals surface area contributed by atoms with E-state index in [0.29, 0.717) is 36.9 Å². The first kappa shape index (κ1) is 21.1. The summed E-state index contributed by atoms with van der Waals surface area (Å²) in [4.78, 5) is 27.4. The van der Waals surface area contributed by atoms with Gasteiger partial charge in [-0.1, -0.05) is 6.07 Å². The third-order valence-corrected chi connectivity index (χ3v) is 6.11. The summed E-state index contributed by atoms with van der Waals surface area (Å²) in [6.07, 6.45) is 9.78. The van der Waals surface area contributed by atoms with Crippen LogP contribution in [0.15, 0.2) is 61.2 Å². The minimum atomic E-state index is -0.265. The van der Waals surface area contributed by atoms with Gasteiger partial charge in [-0.05, 0) is 61.1 Å². The molecule has 0 saturated heterocycles. The molecule has 1 aromatic carbocycles. The van der Waals surface area contributed by atoms with Crippen molar-refractivity contribution in [3.05, 3.63) is 78.3 Å². The highest BCUT2D eigenvalue weighted by molar-refractivity contribution is 5.99. The van der Waals surface area contributed by atoms with Gasteiger partial charge in [-0.15, -0.1) is 0 Å². The van der Waals surface area contributed by atoms with Crippen LogP contribution in [0.2, 0.25) is 0 Å². The van der Waals surface area contributed by atoms with Crippen LogP contribution in [0.4, 0.5) is 4.39 Å². The second-order valence-electron chi connectivity index (χ2n) is 8.46. The quantitative estimate of drug-likeness (QED) is 0.421. The molecule has 1 saturated carbocycles. The number of rotatable bonds is 8. The highest BCUT2D eigenvalue weighted by Crippen LogP contribution is 2.32. The van der Waals surface area contributed by atoms with Gasteiger partial charge in [-0.2, -0.15) is 0 Å². The molecule has 3 aromatic heterocycles. The Hall–Kier alpha value is -3.74. The van der Waals surface area contributed by atoms with E-state index < -0.39 is 0 Å². The monoisotopic (exact) mass is 444 g/mol. The van der Waals surface area contributed by atoms with Gasteiger partial charge in [0.25, 0.3) is 5.91 Å². The first-order chi connectivity index (χ1) is 16.1. The van der Waals surface area contributed by atoms with E-state index in [1.165, 1.54) is 6.07 Å². The number of hydrogen-bond acceptors (Lipinski definition) is 4. The third-order valence-electron chi connectivity index (χ3n) is 6.11. The minimum absolute atomic E-state index is 0.105. The van der Waals surface area contributed by atoms with E-state index in [1.807, 2.05) is 29.3 Å². The molecule has 1 aliphatic carbocycles. The summed E-state index contributed by atoms with van der Waals surface area (Å²) in [5.41, 5.74) is 3.80. The number of ether oxygens (including phenoxy) is 1. The zero-order valence-corrected chi connectivity index (χ0v) is 18.4. The Balaban J connectivity index is 1.42. The van der Waals surface area contributed by atoms with Crippen LogP contribution in [0, 0.1) is 11.7 Å². The van der Waals surface area contributed by atoms with Crippen LogP contribution in [0.25, 0.3) is 22.0 Å².